The normalized spacial score (nSPS) is 17.3. The third-order valence-electron chi connectivity index (χ3n) is 3.92. The Morgan fingerprint density at radius 2 is 2.10 bits per heavy atom. The lowest BCUT2D eigenvalue weighted by Crippen LogP contribution is -2.33. The summed E-state index contributed by atoms with van der Waals surface area (Å²) in [7, 11) is 0. The van der Waals surface area contributed by atoms with E-state index >= 15 is 0 Å². The Hall–Kier alpha value is -0.980. The molecule has 5 nitrogen and oxygen atoms in total. The van der Waals surface area contributed by atoms with Crippen LogP contribution in [0.15, 0.2) is 22.7 Å². The molecule has 0 aromatic heterocycles. The van der Waals surface area contributed by atoms with E-state index in [1.165, 1.54) is 12.8 Å². The number of nitrogens with two attached hydrogens (primary N) is 1. The van der Waals surface area contributed by atoms with E-state index < -0.39 is 0 Å². The predicted octanol–water partition coefficient (Wildman–Crippen LogP) is 2.92. The third-order valence-corrected chi connectivity index (χ3v) is 4.66. The minimum absolute atomic E-state index is 0.127. The molecule has 0 spiro atoms. The average Bonchev–Trinajstić information content (AvgIpc) is 2.43. The molecule has 1 saturated heterocycles. The number of benzene rings is 1. The Morgan fingerprint density at radius 1 is 1.40 bits per heavy atom. The molecule has 0 bridgehead atoms. The van der Waals surface area contributed by atoms with Gasteiger partial charge in [-0.3, -0.25) is 15.0 Å². The smallest absolute Gasteiger partial charge is 0.270 e. The summed E-state index contributed by atoms with van der Waals surface area (Å²) >= 11 is 3.43. The first-order chi connectivity index (χ1) is 9.60. The number of halogens is 1. The van der Waals surface area contributed by atoms with Crippen molar-refractivity contribution in [3.05, 3.63) is 38.3 Å². The molecule has 1 fully saturated rings. The van der Waals surface area contributed by atoms with Crippen molar-refractivity contribution < 1.29 is 4.92 Å². The summed E-state index contributed by atoms with van der Waals surface area (Å²) in [6.45, 7) is 3.77. The summed E-state index contributed by atoms with van der Waals surface area (Å²) in [4.78, 5) is 12.7. The van der Waals surface area contributed by atoms with Gasteiger partial charge in [-0.2, -0.15) is 0 Å². The zero-order valence-electron chi connectivity index (χ0n) is 11.4. The van der Waals surface area contributed by atoms with Gasteiger partial charge in [0.25, 0.3) is 5.69 Å². The number of hydrogen-bond donors (Lipinski definition) is 1. The number of likely N-dealkylation sites (tertiary alicyclic amines) is 1. The molecule has 6 heteroatoms. The molecule has 0 saturated carbocycles. The first kappa shape index (κ1) is 15.4. The number of nitro benzene ring substituents is 1. The van der Waals surface area contributed by atoms with Crippen molar-refractivity contribution in [3.63, 3.8) is 0 Å². The molecule has 2 rings (SSSR count). The van der Waals surface area contributed by atoms with E-state index in [0.717, 1.165) is 48.6 Å². The third kappa shape index (κ3) is 4.01. The van der Waals surface area contributed by atoms with Gasteiger partial charge in [0.05, 0.1) is 4.92 Å². The zero-order chi connectivity index (χ0) is 14.5. The molecule has 1 aliphatic heterocycles. The Balaban J connectivity index is 1.93. The first-order valence-electron chi connectivity index (χ1n) is 6.95. The molecule has 0 radical (unpaired) electrons. The molecule has 0 amide bonds. The lowest BCUT2D eigenvalue weighted by Gasteiger charge is -2.32. The molecular formula is C14H20BrN3O2. The van der Waals surface area contributed by atoms with Crippen LogP contribution in [0.4, 0.5) is 5.69 Å². The molecule has 0 unspecified atom stereocenters. The van der Waals surface area contributed by atoms with Crippen LogP contribution in [0.1, 0.15) is 24.8 Å². The van der Waals surface area contributed by atoms with Gasteiger partial charge in [0, 0.05) is 23.2 Å². The van der Waals surface area contributed by atoms with E-state index in [-0.39, 0.29) is 10.6 Å². The molecule has 110 valence electrons. The summed E-state index contributed by atoms with van der Waals surface area (Å²) in [6, 6.07) is 4.99. The maximum atomic E-state index is 10.7. The fourth-order valence-corrected chi connectivity index (χ4v) is 3.18. The highest BCUT2D eigenvalue weighted by Crippen LogP contribution is 2.26. The maximum Gasteiger partial charge on any atom is 0.270 e. The average molecular weight is 342 g/mol. The van der Waals surface area contributed by atoms with Gasteiger partial charge in [-0.25, -0.2) is 0 Å². The SMILES string of the molecule is NCCC1CCN(Cc2ccc([N+](=O)[O-])cc2Br)CC1. The Kier molecular flexibility index (Phi) is 5.51. The quantitative estimate of drug-likeness (QED) is 0.660. The Morgan fingerprint density at radius 3 is 2.65 bits per heavy atom. The molecule has 0 atom stereocenters. The van der Waals surface area contributed by atoms with Crippen molar-refractivity contribution >= 4 is 21.6 Å². The Labute approximate surface area is 127 Å². The lowest BCUT2D eigenvalue weighted by molar-refractivity contribution is -0.384. The van der Waals surface area contributed by atoms with Crippen molar-refractivity contribution in [1.82, 2.24) is 4.90 Å². The highest BCUT2D eigenvalue weighted by molar-refractivity contribution is 9.10. The van der Waals surface area contributed by atoms with Crippen molar-refractivity contribution in [1.29, 1.82) is 0 Å². The molecule has 1 aromatic carbocycles. The van der Waals surface area contributed by atoms with Gasteiger partial charge < -0.3 is 5.73 Å². The second-order valence-electron chi connectivity index (χ2n) is 5.33. The van der Waals surface area contributed by atoms with Crippen molar-refractivity contribution in [2.75, 3.05) is 19.6 Å². The van der Waals surface area contributed by atoms with Crippen LogP contribution in [0.25, 0.3) is 0 Å². The Bertz CT molecular complexity index is 473. The van der Waals surface area contributed by atoms with E-state index in [4.69, 9.17) is 5.73 Å². The number of nitrogens with zero attached hydrogens (tertiary/aromatic N) is 2. The summed E-state index contributed by atoms with van der Waals surface area (Å²) in [5.41, 5.74) is 6.83. The number of piperidine rings is 1. The van der Waals surface area contributed by atoms with E-state index in [0.29, 0.717) is 0 Å². The first-order valence-corrected chi connectivity index (χ1v) is 7.74. The predicted molar refractivity (Wildman–Crippen MR) is 82.5 cm³/mol. The van der Waals surface area contributed by atoms with Crippen LogP contribution >= 0.6 is 15.9 Å². The topological polar surface area (TPSA) is 72.4 Å². The van der Waals surface area contributed by atoms with Crippen LogP contribution in [0, 0.1) is 16.0 Å². The fourth-order valence-electron chi connectivity index (χ4n) is 2.69. The van der Waals surface area contributed by atoms with Gasteiger partial charge in [0.1, 0.15) is 0 Å². The minimum atomic E-state index is -0.368. The second kappa shape index (κ2) is 7.15. The van der Waals surface area contributed by atoms with Gasteiger partial charge in [0.2, 0.25) is 0 Å². The number of non-ortho nitro benzene ring substituents is 1. The van der Waals surface area contributed by atoms with E-state index in [1.54, 1.807) is 12.1 Å². The monoisotopic (exact) mass is 341 g/mol. The van der Waals surface area contributed by atoms with Crippen molar-refractivity contribution in [2.45, 2.75) is 25.8 Å². The highest BCUT2D eigenvalue weighted by atomic mass is 79.9. The van der Waals surface area contributed by atoms with Crippen LogP contribution < -0.4 is 5.73 Å². The summed E-state index contributed by atoms with van der Waals surface area (Å²) in [6.07, 6.45) is 3.51. The van der Waals surface area contributed by atoms with Gasteiger partial charge >= 0.3 is 0 Å². The lowest BCUT2D eigenvalue weighted by atomic mass is 9.93. The number of rotatable bonds is 5. The highest BCUT2D eigenvalue weighted by Gasteiger charge is 2.19. The fraction of sp³-hybridized carbons (Fsp3) is 0.571. The minimum Gasteiger partial charge on any atom is -0.330 e. The number of nitro groups is 1. The summed E-state index contributed by atoms with van der Waals surface area (Å²) in [5, 5.41) is 10.7. The zero-order valence-corrected chi connectivity index (χ0v) is 13.0. The molecule has 0 aliphatic carbocycles. The van der Waals surface area contributed by atoms with Gasteiger partial charge in [0.15, 0.2) is 0 Å². The maximum absolute atomic E-state index is 10.7. The standard InChI is InChI=1S/C14H20BrN3O2/c15-14-9-13(18(19)20)2-1-12(14)10-17-7-4-11(3-6-16)5-8-17/h1-2,9,11H,3-8,10,16H2. The number of hydrogen-bond acceptors (Lipinski definition) is 4. The van der Waals surface area contributed by atoms with E-state index in [9.17, 15) is 10.1 Å². The van der Waals surface area contributed by atoms with Crippen LogP contribution in [0.5, 0.6) is 0 Å². The molecule has 20 heavy (non-hydrogen) atoms. The molecule has 2 N–H and O–H groups in total. The van der Waals surface area contributed by atoms with Gasteiger partial charge in [-0.05, 0) is 56.4 Å². The van der Waals surface area contributed by atoms with Crippen molar-refractivity contribution in [2.24, 2.45) is 11.7 Å². The largest absolute Gasteiger partial charge is 0.330 e. The molecule has 1 aromatic rings. The van der Waals surface area contributed by atoms with Crippen LogP contribution in [-0.4, -0.2) is 29.5 Å². The van der Waals surface area contributed by atoms with Crippen LogP contribution in [0.3, 0.4) is 0 Å². The van der Waals surface area contributed by atoms with Crippen LogP contribution in [0.2, 0.25) is 0 Å². The molecule has 1 heterocycles. The van der Waals surface area contributed by atoms with Gasteiger partial charge in [-0.15, -0.1) is 0 Å². The van der Waals surface area contributed by atoms with Crippen molar-refractivity contribution in [3.8, 4) is 0 Å². The molecular weight excluding hydrogens is 322 g/mol. The second-order valence-corrected chi connectivity index (χ2v) is 6.18. The molecule has 1 aliphatic rings. The summed E-state index contributed by atoms with van der Waals surface area (Å²) in [5.74, 6) is 0.761. The van der Waals surface area contributed by atoms with E-state index in [2.05, 4.69) is 20.8 Å². The van der Waals surface area contributed by atoms with Crippen LogP contribution in [-0.2, 0) is 6.54 Å². The van der Waals surface area contributed by atoms with E-state index in [1.807, 2.05) is 6.07 Å². The van der Waals surface area contributed by atoms with Gasteiger partial charge in [-0.1, -0.05) is 15.9 Å². The summed E-state index contributed by atoms with van der Waals surface area (Å²) < 4.78 is 0.816.